The van der Waals surface area contributed by atoms with Gasteiger partial charge in [0, 0.05) is 0 Å². The third-order valence-corrected chi connectivity index (χ3v) is 13.1. The summed E-state index contributed by atoms with van der Waals surface area (Å²) in [5.41, 5.74) is 4.74. The average Bonchev–Trinajstić information content (AvgIpc) is 3.17. The standard InChI is InChI=1S/C27H41N3O2Si2/c1-20(19-34(5,6)32-33(2,3)4)16-23-17-22(21-12-8-7-9-13-21)18-26(27(23)31)30-28-24-14-10-11-15-25(24)29-30/h10-11,14-15,17-18,20-21,31H,7-9,12-13,16,19H2,1-6H3. The zero-order valence-corrected chi connectivity index (χ0v) is 23.8. The molecule has 1 heterocycles. The van der Waals surface area contributed by atoms with Crippen LogP contribution < -0.4 is 0 Å². The number of nitrogens with zero attached hydrogens (tertiary/aromatic N) is 3. The highest BCUT2D eigenvalue weighted by atomic mass is 28.4. The summed E-state index contributed by atoms with van der Waals surface area (Å²) in [5.74, 6) is 1.30. The van der Waals surface area contributed by atoms with Crippen LogP contribution in [0.1, 0.15) is 56.1 Å². The van der Waals surface area contributed by atoms with E-state index in [2.05, 4.69) is 62.0 Å². The van der Waals surface area contributed by atoms with E-state index in [1.54, 1.807) is 4.80 Å². The van der Waals surface area contributed by atoms with Gasteiger partial charge in [0.25, 0.3) is 0 Å². The predicted molar refractivity (Wildman–Crippen MR) is 146 cm³/mol. The van der Waals surface area contributed by atoms with E-state index in [1.165, 1.54) is 37.7 Å². The van der Waals surface area contributed by atoms with E-state index in [-0.39, 0.29) is 0 Å². The van der Waals surface area contributed by atoms with Crippen LogP contribution in [0.25, 0.3) is 16.7 Å². The van der Waals surface area contributed by atoms with E-state index in [0.717, 1.165) is 29.1 Å². The van der Waals surface area contributed by atoms with Crippen LogP contribution in [-0.2, 0) is 10.5 Å². The molecule has 184 valence electrons. The number of phenolic OH excluding ortho intramolecular Hbond substituents is 1. The molecule has 0 saturated heterocycles. The number of benzene rings is 2. The second-order valence-electron chi connectivity index (χ2n) is 11.8. The number of hydrogen-bond donors (Lipinski definition) is 1. The van der Waals surface area contributed by atoms with Crippen molar-refractivity contribution in [2.45, 2.75) is 90.1 Å². The first-order valence-corrected chi connectivity index (χ1v) is 19.4. The molecule has 4 rings (SSSR count). The summed E-state index contributed by atoms with van der Waals surface area (Å²) in [4.78, 5) is 1.63. The Morgan fingerprint density at radius 2 is 1.62 bits per heavy atom. The Morgan fingerprint density at radius 3 is 2.21 bits per heavy atom. The number of hydrogen-bond acceptors (Lipinski definition) is 4. The van der Waals surface area contributed by atoms with Crippen LogP contribution >= 0.6 is 0 Å². The van der Waals surface area contributed by atoms with Crippen molar-refractivity contribution < 1.29 is 9.22 Å². The molecule has 0 spiro atoms. The minimum atomic E-state index is -1.77. The number of fused-ring (bicyclic) bond motifs is 1. The Labute approximate surface area is 206 Å². The van der Waals surface area contributed by atoms with Crippen molar-refractivity contribution >= 4 is 27.7 Å². The van der Waals surface area contributed by atoms with Crippen LogP contribution in [0.4, 0.5) is 0 Å². The van der Waals surface area contributed by atoms with Gasteiger partial charge in [-0.25, -0.2) is 0 Å². The summed E-state index contributed by atoms with van der Waals surface area (Å²) in [7, 11) is -3.34. The lowest BCUT2D eigenvalue weighted by Crippen LogP contribution is -2.43. The molecule has 1 N–H and O–H groups in total. The second-order valence-corrected chi connectivity index (χ2v) is 20.8. The molecule has 0 radical (unpaired) electrons. The molecule has 1 fully saturated rings. The van der Waals surface area contributed by atoms with Crippen molar-refractivity contribution in [2.75, 3.05) is 0 Å². The van der Waals surface area contributed by atoms with Crippen LogP contribution in [0.2, 0.25) is 38.8 Å². The number of phenols is 1. The van der Waals surface area contributed by atoms with Gasteiger partial charge in [0.1, 0.15) is 22.5 Å². The third kappa shape index (κ3) is 6.17. The minimum absolute atomic E-state index is 0.317. The lowest BCUT2D eigenvalue weighted by atomic mass is 9.82. The summed E-state index contributed by atoms with van der Waals surface area (Å²) in [6.07, 6.45) is 7.17. The largest absolute Gasteiger partial charge is 0.505 e. The van der Waals surface area contributed by atoms with Crippen LogP contribution in [0.15, 0.2) is 36.4 Å². The van der Waals surface area contributed by atoms with E-state index in [1.807, 2.05) is 24.3 Å². The molecule has 0 bridgehead atoms. The van der Waals surface area contributed by atoms with E-state index < -0.39 is 16.6 Å². The van der Waals surface area contributed by atoms with Gasteiger partial charge in [-0.05, 0) is 99.2 Å². The fourth-order valence-electron chi connectivity index (χ4n) is 5.81. The van der Waals surface area contributed by atoms with Gasteiger partial charge in [-0.1, -0.05) is 44.4 Å². The van der Waals surface area contributed by atoms with Crippen molar-refractivity contribution in [3.63, 3.8) is 0 Å². The molecular weight excluding hydrogens is 454 g/mol. The van der Waals surface area contributed by atoms with Gasteiger partial charge >= 0.3 is 0 Å². The molecule has 1 aromatic heterocycles. The Kier molecular flexibility index (Phi) is 7.36. The van der Waals surface area contributed by atoms with Crippen LogP contribution in [-0.4, -0.2) is 36.7 Å². The normalized spacial score (nSPS) is 16.8. The zero-order chi connectivity index (χ0) is 24.5. The molecule has 0 aliphatic heterocycles. The van der Waals surface area contributed by atoms with E-state index >= 15 is 0 Å². The van der Waals surface area contributed by atoms with Crippen LogP contribution in [0.3, 0.4) is 0 Å². The molecule has 1 aliphatic rings. The number of aromatic hydroxyl groups is 1. The first-order valence-electron chi connectivity index (χ1n) is 12.9. The third-order valence-electron chi connectivity index (χ3n) is 6.76. The monoisotopic (exact) mass is 495 g/mol. The molecule has 1 aliphatic carbocycles. The van der Waals surface area contributed by atoms with Crippen LogP contribution in [0, 0.1) is 5.92 Å². The Balaban J connectivity index is 1.67. The SMILES string of the molecule is CC(Cc1cc(C2CCCCC2)cc(-n2nc3ccccc3n2)c1O)C[Si](C)(C)O[Si](C)(C)C. The van der Waals surface area contributed by atoms with Gasteiger partial charge in [-0.2, -0.15) is 0 Å². The van der Waals surface area contributed by atoms with Gasteiger partial charge in [0.2, 0.25) is 0 Å². The highest BCUT2D eigenvalue weighted by Gasteiger charge is 2.31. The fourth-order valence-corrected chi connectivity index (χ4v) is 14.6. The highest BCUT2D eigenvalue weighted by molar-refractivity contribution is 6.84. The molecule has 7 heteroatoms. The maximum absolute atomic E-state index is 11.4. The maximum Gasteiger partial charge on any atom is 0.173 e. The van der Waals surface area contributed by atoms with Gasteiger partial charge in [-0.15, -0.1) is 15.0 Å². The van der Waals surface area contributed by atoms with Crippen molar-refractivity contribution in [1.82, 2.24) is 15.0 Å². The van der Waals surface area contributed by atoms with Gasteiger partial charge < -0.3 is 9.22 Å². The van der Waals surface area contributed by atoms with E-state index in [0.29, 0.717) is 23.3 Å². The molecule has 1 atom stereocenters. The van der Waals surface area contributed by atoms with Crippen molar-refractivity contribution in [3.05, 3.63) is 47.5 Å². The number of rotatable bonds is 8. The van der Waals surface area contributed by atoms with Gasteiger partial charge in [0.05, 0.1) is 0 Å². The van der Waals surface area contributed by atoms with Crippen molar-refractivity contribution in [3.8, 4) is 11.4 Å². The predicted octanol–water partition coefficient (Wildman–Crippen LogP) is 7.41. The fraction of sp³-hybridized carbons (Fsp3) is 0.556. The summed E-state index contributed by atoms with van der Waals surface area (Å²) in [6.45, 7) is 13.8. The first kappa shape index (κ1) is 25.1. The van der Waals surface area contributed by atoms with Crippen molar-refractivity contribution in [1.29, 1.82) is 0 Å². The van der Waals surface area contributed by atoms with Crippen molar-refractivity contribution in [2.24, 2.45) is 5.92 Å². The lowest BCUT2D eigenvalue weighted by Gasteiger charge is -2.33. The quantitative estimate of drug-likeness (QED) is 0.331. The van der Waals surface area contributed by atoms with E-state index in [4.69, 9.17) is 4.12 Å². The Hall–Kier alpha value is -1.97. The highest BCUT2D eigenvalue weighted by Crippen LogP contribution is 2.38. The van der Waals surface area contributed by atoms with Crippen LogP contribution in [0.5, 0.6) is 5.75 Å². The van der Waals surface area contributed by atoms with Gasteiger partial charge in [0.15, 0.2) is 16.6 Å². The summed E-state index contributed by atoms with van der Waals surface area (Å²) >= 11 is 0. The zero-order valence-electron chi connectivity index (χ0n) is 21.8. The minimum Gasteiger partial charge on any atom is -0.505 e. The topological polar surface area (TPSA) is 60.2 Å². The maximum atomic E-state index is 11.4. The summed E-state index contributed by atoms with van der Waals surface area (Å²) < 4.78 is 6.60. The molecule has 3 aromatic rings. The molecule has 34 heavy (non-hydrogen) atoms. The molecule has 5 nitrogen and oxygen atoms in total. The Morgan fingerprint density at radius 1 is 1.00 bits per heavy atom. The summed E-state index contributed by atoms with van der Waals surface area (Å²) in [5, 5.41) is 20.8. The average molecular weight is 496 g/mol. The molecule has 1 unspecified atom stereocenters. The smallest absolute Gasteiger partial charge is 0.173 e. The molecule has 1 saturated carbocycles. The first-order chi connectivity index (χ1) is 16.0. The van der Waals surface area contributed by atoms with E-state index in [9.17, 15) is 5.11 Å². The molecule has 2 aromatic carbocycles. The van der Waals surface area contributed by atoms with Gasteiger partial charge in [-0.3, -0.25) is 0 Å². The Bertz CT molecular complexity index is 1100. The second kappa shape index (κ2) is 9.95. The molecular formula is C27H41N3O2Si2. The molecule has 0 amide bonds. The summed E-state index contributed by atoms with van der Waals surface area (Å²) in [6, 6.07) is 13.4. The lowest BCUT2D eigenvalue weighted by molar-refractivity contribution is 0.436. The number of aromatic nitrogens is 3.